The van der Waals surface area contributed by atoms with Gasteiger partial charge < -0.3 is 14.9 Å². The first-order chi connectivity index (χ1) is 9.97. The number of carbonyl (C=O) groups is 1. The summed E-state index contributed by atoms with van der Waals surface area (Å²) in [6.45, 7) is 3.84. The van der Waals surface area contributed by atoms with Crippen LogP contribution in [0.4, 0.5) is 0 Å². The van der Waals surface area contributed by atoms with Crippen molar-refractivity contribution in [2.45, 2.75) is 33.1 Å². The molecule has 0 aromatic heterocycles. The summed E-state index contributed by atoms with van der Waals surface area (Å²) in [5, 5.41) is 18.2. The van der Waals surface area contributed by atoms with Gasteiger partial charge in [-0.3, -0.25) is 4.79 Å². The van der Waals surface area contributed by atoms with Crippen molar-refractivity contribution in [1.29, 1.82) is 0 Å². The zero-order chi connectivity index (χ0) is 15.7. The summed E-state index contributed by atoms with van der Waals surface area (Å²) in [6.07, 6.45) is 4.97. The first kappa shape index (κ1) is 16.8. The minimum Gasteiger partial charge on any atom is -0.513 e. The maximum atomic E-state index is 11.6. The molecule has 2 N–H and O–H groups in total. The van der Waals surface area contributed by atoms with Crippen molar-refractivity contribution < 1.29 is 19.7 Å². The molecule has 0 fully saturated rings. The van der Waals surface area contributed by atoms with E-state index in [1.165, 1.54) is 0 Å². The van der Waals surface area contributed by atoms with E-state index >= 15 is 0 Å². The van der Waals surface area contributed by atoms with Gasteiger partial charge in [0.1, 0.15) is 5.75 Å². The number of aromatic hydroxyl groups is 1. The highest BCUT2D eigenvalue weighted by Gasteiger charge is 2.03. The molecule has 1 aromatic rings. The molecule has 4 nitrogen and oxygen atoms in total. The average molecular weight is 290 g/mol. The quantitative estimate of drug-likeness (QED) is 0.457. The maximum Gasteiger partial charge on any atom is 0.306 e. The van der Waals surface area contributed by atoms with Crippen LogP contribution >= 0.6 is 0 Å². The van der Waals surface area contributed by atoms with Crippen molar-refractivity contribution in [3.8, 4) is 5.75 Å². The Morgan fingerprint density at radius 1 is 1.14 bits per heavy atom. The zero-order valence-corrected chi connectivity index (χ0v) is 12.5. The van der Waals surface area contributed by atoms with Gasteiger partial charge in [-0.25, -0.2) is 0 Å². The Morgan fingerprint density at radius 2 is 1.81 bits per heavy atom. The van der Waals surface area contributed by atoms with Crippen molar-refractivity contribution in [2.75, 3.05) is 6.61 Å². The van der Waals surface area contributed by atoms with Crippen molar-refractivity contribution in [2.24, 2.45) is 0 Å². The Kier molecular flexibility index (Phi) is 7.09. The molecule has 0 heterocycles. The monoisotopic (exact) mass is 290 g/mol. The third-order valence-corrected chi connectivity index (χ3v) is 2.92. The number of allylic oxidation sites excluding steroid dienone is 4. The maximum absolute atomic E-state index is 11.6. The van der Waals surface area contributed by atoms with Gasteiger partial charge in [-0.2, -0.15) is 0 Å². The standard InChI is InChI=1S/C17H22O4/c1-13(3-5-14(2)18)4-10-17(20)21-12-11-15-6-8-16(19)9-7-15/h3,5-9,18-19H,4,10-12H2,1-2H3/b13-3+,14-5+. The van der Waals surface area contributed by atoms with E-state index in [9.17, 15) is 4.79 Å². The fraction of sp³-hybridized carbons (Fsp3) is 0.353. The Morgan fingerprint density at radius 3 is 2.43 bits per heavy atom. The van der Waals surface area contributed by atoms with E-state index in [2.05, 4.69) is 0 Å². The van der Waals surface area contributed by atoms with Crippen molar-refractivity contribution in [1.82, 2.24) is 0 Å². The number of aliphatic hydroxyl groups excluding tert-OH is 1. The summed E-state index contributed by atoms with van der Waals surface area (Å²) in [6, 6.07) is 6.84. The Labute approximate surface area is 125 Å². The molecular weight excluding hydrogens is 268 g/mol. The number of carbonyl (C=O) groups excluding carboxylic acids is 1. The van der Waals surface area contributed by atoms with E-state index in [1.54, 1.807) is 43.3 Å². The number of phenols is 1. The Balaban J connectivity index is 2.24. The van der Waals surface area contributed by atoms with E-state index in [0.717, 1.165) is 11.1 Å². The van der Waals surface area contributed by atoms with Gasteiger partial charge in [0.05, 0.1) is 12.4 Å². The van der Waals surface area contributed by atoms with Gasteiger partial charge in [-0.1, -0.05) is 23.8 Å². The normalized spacial score (nSPS) is 12.3. The van der Waals surface area contributed by atoms with E-state index < -0.39 is 0 Å². The molecule has 0 atom stereocenters. The van der Waals surface area contributed by atoms with E-state index in [0.29, 0.717) is 25.9 Å². The summed E-state index contributed by atoms with van der Waals surface area (Å²) in [5.74, 6) is 0.238. The molecule has 1 rings (SSSR count). The number of benzene rings is 1. The van der Waals surface area contributed by atoms with Gasteiger partial charge in [-0.05, 0) is 44.0 Å². The SMILES string of the molecule is C/C(O)=C\C=C(/C)CCC(=O)OCCc1ccc(O)cc1. The lowest BCUT2D eigenvalue weighted by Gasteiger charge is -2.05. The number of esters is 1. The van der Waals surface area contributed by atoms with Crippen molar-refractivity contribution in [3.63, 3.8) is 0 Å². The topological polar surface area (TPSA) is 66.8 Å². The smallest absolute Gasteiger partial charge is 0.306 e. The largest absolute Gasteiger partial charge is 0.513 e. The molecule has 0 amide bonds. The summed E-state index contributed by atoms with van der Waals surface area (Å²) in [5.41, 5.74) is 2.03. The van der Waals surface area contributed by atoms with Crippen LogP contribution in [0.25, 0.3) is 0 Å². The number of hydrogen-bond acceptors (Lipinski definition) is 4. The molecule has 0 aliphatic carbocycles. The third-order valence-electron chi connectivity index (χ3n) is 2.92. The van der Waals surface area contributed by atoms with Crippen LogP contribution in [-0.4, -0.2) is 22.8 Å². The number of rotatable bonds is 7. The van der Waals surface area contributed by atoms with Crippen LogP contribution in [-0.2, 0) is 16.0 Å². The summed E-state index contributed by atoms with van der Waals surface area (Å²) in [4.78, 5) is 11.6. The van der Waals surface area contributed by atoms with E-state index in [1.807, 2.05) is 6.92 Å². The zero-order valence-electron chi connectivity index (χ0n) is 12.5. The Bertz CT molecular complexity index is 508. The number of phenolic OH excluding ortho intramolecular Hbond substituents is 1. The van der Waals surface area contributed by atoms with Crippen LogP contribution in [0.15, 0.2) is 47.7 Å². The molecule has 0 radical (unpaired) electrons. The first-order valence-electron chi connectivity index (χ1n) is 6.94. The highest BCUT2D eigenvalue weighted by atomic mass is 16.5. The highest BCUT2D eigenvalue weighted by Crippen LogP contribution is 2.10. The molecule has 0 spiro atoms. The first-order valence-corrected chi connectivity index (χ1v) is 6.94. The lowest BCUT2D eigenvalue weighted by atomic mass is 10.1. The second-order valence-corrected chi connectivity index (χ2v) is 4.96. The van der Waals surface area contributed by atoms with Gasteiger partial charge in [0.25, 0.3) is 0 Å². The molecule has 21 heavy (non-hydrogen) atoms. The molecule has 0 saturated heterocycles. The molecular formula is C17H22O4. The predicted octanol–water partition coefficient (Wildman–Crippen LogP) is 3.67. The molecule has 0 aliphatic heterocycles. The van der Waals surface area contributed by atoms with Crippen LogP contribution in [0.2, 0.25) is 0 Å². The second-order valence-electron chi connectivity index (χ2n) is 4.96. The number of ether oxygens (including phenoxy) is 1. The third kappa shape index (κ3) is 7.82. The van der Waals surface area contributed by atoms with E-state index in [-0.39, 0.29) is 17.5 Å². The van der Waals surface area contributed by atoms with Crippen molar-refractivity contribution >= 4 is 5.97 Å². The van der Waals surface area contributed by atoms with Crippen LogP contribution in [0, 0.1) is 0 Å². The molecule has 0 bridgehead atoms. The summed E-state index contributed by atoms with van der Waals surface area (Å²) in [7, 11) is 0. The molecule has 0 saturated carbocycles. The van der Waals surface area contributed by atoms with Gasteiger partial charge in [0.15, 0.2) is 0 Å². The minimum absolute atomic E-state index is 0.227. The lowest BCUT2D eigenvalue weighted by Crippen LogP contribution is -2.07. The fourth-order valence-corrected chi connectivity index (χ4v) is 1.66. The lowest BCUT2D eigenvalue weighted by molar-refractivity contribution is -0.143. The molecule has 0 unspecified atom stereocenters. The molecule has 0 aliphatic rings. The van der Waals surface area contributed by atoms with Gasteiger partial charge >= 0.3 is 5.97 Å². The fourth-order valence-electron chi connectivity index (χ4n) is 1.66. The van der Waals surface area contributed by atoms with E-state index in [4.69, 9.17) is 14.9 Å². The molecule has 4 heteroatoms. The summed E-state index contributed by atoms with van der Waals surface area (Å²) >= 11 is 0. The van der Waals surface area contributed by atoms with Gasteiger partial charge in [0.2, 0.25) is 0 Å². The Hall–Kier alpha value is -2.23. The van der Waals surface area contributed by atoms with Gasteiger partial charge in [-0.15, -0.1) is 0 Å². The predicted molar refractivity (Wildman–Crippen MR) is 82.1 cm³/mol. The highest BCUT2D eigenvalue weighted by molar-refractivity contribution is 5.69. The number of hydrogen-bond donors (Lipinski definition) is 2. The second kappa shape index (κ2) is 8.84. The van der Waals surface area contributed by atoms with Crippen LogP contribution < -0.4 is 0 Å². The van der Waals surface area contributed by atoms with Gasteiger partial charge in [0, 0.05) is 12.8 Å². The average Bonchev–Trinajstić information content (AvgIpc) is 2.45. The number of aliphatic hydroxyl groups is 1. The van der Waals surface area contributed by atoms with Crippen LogP contribution in [0.3, 0.4) is 0 Å². The van der Waals surface area contributed by atoms with Crippen LogP contribution in [0.1, 0.15) is 32.3 Å². The molecule has 1 aromatic carbocycles. The molecule has 114 valence electrons. The summed E-state index contributed by atoms with van der Waals surface area (Å²) < 4.78 is 5.16. The van der Waals surface area contributed by atoms with Crippen molar-refractivity contribution in [3.05, 3.63) is 53.3 Å². The van der Waals surface area contributed by atoms with Crippen LogP contribution in [0.5, 0.6) is 5.75 Å². The minimum atomic E-state index is -0.230.